The van der Waals surface area contributed by atoms with E-state index in [-0.39, 0.29) is 26.0 Å². The third-order valence-corrected chi connectivity index (χ3v) is 5.09. The van der Waals surface area contributed by atoms with Gasteiger partial charge in [-0.3, -0.25) is 0 Å². The zero-order valence-electron chi connectivity index (χ0n) is 9.65. The van der Waals surface area contributed by atoms with Gasteiger partial charge in [-0.1, -0.05) is 0 Å². The first-order chi connectivity index (χ1) is 9.18. The first-order valence-corrected chi connectivity index (χ1v) is 7.15. The molecule has 0 N–H and O–H groups in total. The second-order valence-electron chi connectivity index (χ2n) is 3.93. The number of nitro groups is 1. The number of rotatable bonds is 2. The Morgan fingerprint density at radius 1 is 1.05 bits per heavy atom. The number of hydrogen-bond donors (Lipinski definition) is 0. The van der Waals surface area contributed by atoms with Crippen molar-refractivity contribution in [3.63, 3.8) is 0 Å². The maximum absolute atomic E-state index is 12.3. The first-order valence-electron chi connectivity index (χ1n) is 5.53. The van der Waals surface area contributed by atoms with Crippen LogP contribution in [0.1, 0.15) is 0 Å². The van der Waals surface area contributed by atoms with Gasteiger partial charge in [0.25, 0.3) is 0 Å². The van der Waals surface area contributed by atoms with Crippen LogP contribution >= 0.6 is 0 Å². The molecule has 0 unspecified atom stereocenters. The van der Waals surface area contributed by atoms with Crippen LogP contribution in [0.2, 0.25) is 0 Å². The van der Waals surface area contributed by atoms with E-state index in [1.54, 1.807) is 30.3 Å². The Bertz CT molecular complexity index is 835. The molecule has 3 rings (SSSR count). The molecule has 1 aromatic heterocycles. The van der Waals surface area contributed by atoms with Gasteiger partial charge in [0.15, 0.2) is 0 Å². The third-order valence-electron chi connectivity index (χ3n) is 2.79. The van der Waals surface area contributed by atoms with Crippen LogP contribution in [0.3, 0.4) is 0 Å². The predicted octanol–water partition coefficient (Wildman–Crippen LogP) is 1.96. The fourth-order valence-electron chi connectivity index (χ4n) is 1.92. The average molecular weight is 319 g/mol. The van der Waals surface area contributed by atoms with Crippen LogP contribution in [0.15, 0.2) is 53.3 Å². The molecule has 5 nitrogen and oxygen atoms in total. The van der Waals surface area contributed by atoms with Gasteiger partial charge in [-0.2, -0.15) is 0 Å². The molecule has 0 atom stereocenters. The molecule has 0 radical (unpaired) electrons. The molecule has 94 valence electrons. The second-order valence-corrected chi connectivity index (χ2v) is 6.00. The number of para-hydroxylation sites is 2. The molecule has 6 heteroatoms. The molecule has 19 heavy (non-hydrogen) atoms. The summed E-state index contributed by atoms with van der Waals surface area (Å²) in [6, 6.07) is 13.7. The maximum atomic E-state index is 12.3. The SMILES string of the molecule is O=c1c2ccccc2[se]n1-c1ccccc1[N+](=O)[O-]. The van der Waals surface area contributed by atoms with E-state index in [1.807, 2.05) is 12.1 Å². The molecule has 0 aliphatic heterocycles. The van der Waals surface area contributed by atoms with E-state index >= 15 is 0 Å². The van der Waals surface area contributed by atoms with Crippen molar-refractivity contribution < 1.29 is 4.92 Å². The van der Waals surface area contributed by atoms with E-state index in [9.17, 15) is 14.9 Å². The summed E-state index contributed by atoms with van der Waals surface area (Å²) in [7, 11) is 0. The van der Waals surface area contributed by atoms with E-state index in [1.165, 1.54) is 9.63 Å². The van der Waals surface area contributed by atoms with Gasteiger partial charge in [-0.15, -0.1) is 0 Å². The molecule has 0 saturated heterocycles. The monoisotopic (exact) mass is 320 g/mol. The Morgan fingerprint density at radius 3 is 2.47 bits per heavy atom. The molecule has 2 aromatic carbocycles. The molecular formula is C13H8N2O3Se. The predicted molar refractivity (Wildman–Crippen MR) is 73.1 cm³/mol. The van der Waals surface area contributed by atoms with Crippen LogP contribution in [0.4, 0.5) is 5.69 Å². The molecule has 0 spiro atoms. The van der Waals surface area contributed by atoms with Crippen LogP contribution in [0.5, 0.6) is 0 Å². The molecule has 0 bridgehead atoms. The Hall–Kier alpha value is -2.17. The van der Waals surface area contributed by atoms with Crippen molar-refractivity contribution in [3.8, 4) is 5.69 Å². The molecule has 0 amide bonds. The van der Waals surface area contributed by atoms with E-state index in [0.29, 0.717) is 11.1 Å². The quantitative estimate of drug-likeness (QED) is 0.412. The van der Waals surface area contributed by atoms with Crippen molar-refractivity contribution in [3.05, 3.63) is 69.0 Å². The number of fused-ring (bicyclic) bond motifs is 1. The first kappa shape index (κ1) is 11.9. The minimum atomic E-state index is -0.457. The van der Waals surface area contributed by atoms with Gasteiger partial charge in [0.1, 0.15) is 0 Å². The molecule has 3 aromatic rings. The van der Waals surface area contributed by atoms with Crippen molar-refractivity contribution in [1.82, 2.24) is 3.56 Å². The van der Waals surface area contributed by atoms with Gasteiger partial charge < -0.3 is 0 Å². The topological polar surface area (TPSA) is 65.1 Å². The minimum absolute atomic E-state index is 0.0365. The van der Waals surface area contributed by atoms with Crippen LogP contribution in [-0.4, -0.2) is 23.2 Å². The molecule has 0 saturated carbocycles. The fraction of sp³-hybridized carbons (Fsp3) is 0. The molecule has 1 heterocycles. The van der Waals surface area contributed by atoms with E-state index < -0.39 is 4.92 Å². The standard InChI is InChI=1S/C13H8N2O3Se/c16-13-9-5-1-4-8-12(9)19-14(13)10-6-2-3-7-11(10)15(17)18/h1-8H. The molecular weight excluding hydrogens is 311 g/mol. The Labute approximate surface area is 113 Å². The van der Waals surface area contributed by atoms with Gasteiger partial charge in [0.2, 0.25) is 0 Å². The second kappa shape index (κ2) is 4.49. The van der Waals surface area contributed by atoms with Crippen molar-refractivity contribution in [2.24, 2.45) is 0 Å². The average Bonchev–Trinajstić information content (AvgIpc) is 2.76. The van der Waals surface area contributed by atoms with E-state index in [4.69, 9.17) is 0 Å². The Morgan fingerprint density at radius 2 is 1.74 bits per heavy atom. The van der Waals surface area contributed by atoms with Crippen molar-refractivity contribution >= 4 is 30.1 Å². The normalized spacial score (nSPS) is 10.7. The van der Waals surface area contributed by atoms with Crippen molar-refractivity contribution in [2.75, 3.05) is 0 Å². The summed E-state index contributed by atoms with van der Waals surface area (Å²) in [5, 5.41) is 11.7. The van der Waals surface area contributed by atoms with Gasteiger partial charge in [-0.05, 0) is 0 Å². The van der Waals surface area contributed by atoms with Crippen LogP contribution in [-0.2, 0) is 0 Å². The summed E-state index contributed by atoms with van der Waals surface area (Å²) < 4.78 is 2.47. The van der Waals surface area contributed by atoms with Crippen molar-refractivity contribution in [2.45, 2.75) is 0 Å². The molecule has 0 aliphatic carbocycles. The van der Waals surface area contributed by atoms with Gasteiger partial charge in [0.05, 0.1) is 0 Å². The number of nitro benzene ring substituents is 1. The van der Waals surface area contributed by atoms with Crippen molar-refractivity contribution in [1.29, 1.82) is 0 Å². The van der Waals surface area contributed by atoms with E-state index in [0.717, 1.165) is 4.26 Å². The van der Waals surface area contributed by atoms with Gasteiger partial charge >= 0.3 is 113 Å². The zero-order chi connectivity index (χ0) is 13.4. The van der Waals surface area contributed by atoms with Crippen LogP contribution in [0.25, 0.3) is 15.3 Å². The van der Waals surface area contributed by atoms with Gasteiger partial charge in [0, 0.05) is 0 Å². The summed E-state index contributed by atoms with van der Waals surface area (Å²) in [4.78, 5) is 22.9. The fourth-order valence-corrected chi connectivity index (χ4v) is 4.07. The zero-order valence-corrected chi connectivity index (χ0v) is 11.4. The Kier molecular flexibility index (Phi) is 2.81. The summed E-state index contributed by atoms with van der Waals surface area (Å²) in [6.45, 7) is 0. The third kappa shape index (κ3) is 1.91. The summed E-state index contributed by atoms with van der Waals surface area (Å²) in [5.74, 6) is 0. The Balaban J connectivity index is 2.34. The van der Waals surface area contributed by atoms with Crippen LogP contribution < -0.4 is 5.56 Å². The number of benzene rings is 2. The molecule has 0 aliphatic rings. The summed E-state index contributed by atoms with van der Waals surface area (Å²) >= 11 is -0.250. The van der Waals surface area contributed by atoms with Crippen LogP contribution in [0, 0.1) is 10.1 Å². The summed E-state index contributed by atoms with van der Waals surface area (Å²) in [5.41, 5.74) is 0.170. The summed E-state index contributed by atoms with van der Waals surface area (Å²) in [6.07, 6.45) is 0. The van der Waals surface area contributed by atoms with Gasteiger partial charge in [-0.25, -0.2) is 0 Å². The number of nitrogens with zero attached hydrogens (tertiary/aromatic N) is 2. The molecule has 0 fully saturated rings. The number of aromatic nitrogens is 1. The van der Waals surface area contributed by atoms with E-state index in [2.05, 4.69) is 0 Å². The number of hydrogen-bond acceptors (Lipinski definition) is 3.